The van der Waals surface area contributed by atoms with Crippen LogP contribution in [-0.2, 0) is 26.4 Å². The average Bonchev–Trinajstić information content (AvgIpc) is 3.15. The van der Waals surface area contributed by atoms with Gasteiger partial charge in [-0.25, -0.2) is 0 Å². The van der Waals surface area contributed by atoms with Crippen molar-refractivity contribution < 1.29 is 14.2 Å². The number of hydrogen-bond acceptors (Lipinski definition) is 3. The quantitative estimate of drug-likeness (QED) is 0.0501. The van der Waals surface area contributed by atoms with Gasteiger partial charge in [-0.2, -0.15) is 0 Å². The predicted molar refractivity (Wildman–Crippen MR) is 201 cm³/mol. The molecule has 0 fully saturated rings. The van der Waals surface area contributed by atoms with Crippen LogP contribution in [-0.4, -0.2) is 25.9 Å². The number of rotatable bonds is 26. The van der Waals surface area contributed by atoms with Crippen molar-refractivity contribution in [1.82, 2.24) is 0 Å². The minimum Gasteiger partial charge on any atom is -0.379 e. The van der Waals surface area contributed by atoms with Gasteiger partial charge in [-0.15, -0.1) is 0 Å². The third-order valence-electron chi connectivity index (χ3n) is 9.30. The van der Waals surface area contributed by atoms with Crippen molar-refractivity contribution in [3.63, 3.8) is 0 Å². The highest BCUT2D eigenvalue weighted by molar-refractivity contribution is 5.47. The summed E-state index contributed by atoms with van der Waals surface area (Å²) in [7, 11) is 0. The average molecular weight is 649 g/mol. The molecule has 0 aliphatic heterocycles. The van der Waals surface area contributed by atoms with Crippen LogP contribution in [0.1, 0.15) is 119 Å². The van der Waals surface area contributed by atoms with Crippen LogP contribution < -0.4 is 0 Å². The van der Waals surface area contributed by atoms with Crippen LogP contribution in [0.2, 0.25) is 0 Å². The van der Waals surface area contributed by atoms with Gasteiger partial charge in [-0.3, -0.25) is 0 Å². The van der Waals surface area contributed by atoms with Crippen LogP contribution in [0.4, 0.5) is 0 Å². The van der Waals surface area contributed by atoms with Crippen molar-refractivity contribution in [2.45, 2.75) is 115 Å². The zero-order valence-electron chi connectivity index (χ0n) is 29.6. The van der Waals surface area contributed by atoms with Crippen LogP contribution in [0.15, 0.2) is 121 Å². The summed E-state index contributed by atoms with van der Waals surface area (Å²) in [6.07, 6.45) is 18.8. The fourth-order valence-electron chi connectivity index (χ4n) is 6.53. The summed E-state index contributed by atoms with van der Waals surface area (Å²) in [6.45, 7) is 4.46. The van der Waals surface area contributed by atoms with Crippen molar-refractivity contribution in [2.75, 3.05) is 19.8 Å². The Morgan fingerprint density at radius 2 is 0.854 bits per heavy atom. The zero-order chi connectivity index (χ0) is 33.4. The Morgan fingerprint density at radius 1 is 0.458 bits per heavy atom. The Hall–Kier alpha value is -3.24. The van der Waals surface area contributed by atoms with E-state index in [0.717, 1.165) is 35.3 Å². The minimum atomic E-state index is -0.785. The third kappa shape index (κ3) is 13.0. The van der Waals surface area contributed by atoms with Crippen molar-refractivity contribution in [2.24, 2.45) is 0 Å². The fraction of sp³-hybridized carbons (Fsp3) is 0.467. The number of ether oxygens (including phenoxy) is 3. The van der Waals surface area contributed by atoms with E-state index in [0.29, 0.717) is 19.8 Å². The summed E-state index contributed by atoms with van der Waals surface area (Å²) >= 11 is 0. The van der Waals surface area contributed by atoms with Crippen molar-refractivity contribution in [3.8, 4) is 0 Å². The first-order chi connectivity index (χ1) is 23.8. The molecule has 0 unspecified atom stereocenters. The summed E-state index contributed by atoms with van der Waals surface area (Å²) in [5.41, 5.74) is 3.63. The van der Waals surface area contributed by atoms with Gasteiger partial charge < -0.3 is 14.2 Å². The van der Waals surface area contributed by atoms with Crippen LogP contribution in [0.25, 0.3) is 0 Å². The maximum atomic E-state index is 7.11. The van der Waals surface area contributed by atoms with Crippen molar-refractivity contribution >= 4 is 0 Å². The molecule has 0 radical (unpaired) electrons. The minimum absolute atomic E-state index is 0.215. The summed E-state index contributed by atoms with van der Waals surface area (Å²) in [6, 6.07) is 42.0. The van der Waals surface area contributed by atoms with Gasteiger partial charge >= 0.3 is 0 Å². The van der Waals surface area contributed by atoms with Crippen LogP contribution in [0.3, 0.4) is 0 Å². The second-order valence-electron chi connectivity index (χ2n) is 13.2. The summed E-state index contributed by atoms with van der Waals surface area (Å²) < 4.78 is 19.9. The second kappa shape index (κ2) is 23.2. The molecule has 3 heteroatoms. The van der Waals surface area contributed by atoms with Gasteiger partial charge in [-0.05, 0) is 28.7 Å². The van der Waals surface area contributed by atoms with E-state index in [1.807, 2.05) is 6.07 Å². The smallest absolute Gasteiger partial charge is 0.143 e. The van der Waals surface area contributed by atoms with E-state index in [-0.39, 0.29) is 6.10 Å². The van der Waals surface area contributed by atoms with Crippen molar-refractivity contribution in [1.29, 1.82) is 0 Å². The number of unbranched alkanes of at least 4 members (excludes halogenated alkanes) is 13. The van der Waals surface area contributed by atoms with Gasteiger partial charge in [0.25, 0.3) is 0 Å². The largest absolute Gasteiger partial charge is 0.379 e. The molecule has 0 saturated carbocycles. The molecule has 4 rings (SSSR count). The lowest BCUT2D eigenvalue weighted by Gasteiger charge is -2.37. The van der Waals surface area contributed by atoms with Gasteiger partial charge in [0.05, 0.1) is 19.8 Å². The third-order valence-corrected chi connectivity index (χ3v) is 9.30. The van der Waals surface area contributed by atoms with Crippen LogP contribution in [0, 0.1) is 0 Å². The number of hydrogen-bond donors (Lipinski definition) is 0. The summed E-state index contributed by atoms with van der Waals surface area (Å²) in [4.78, 5) is 0. The lowest BCUT2D eigenvalue weighted by atomic mass is 9.80. The van der Waals surface area contributed by atoms with Gasteiger partial charge in [0, 0.05) is 6.61 Å². The van der Waals surface area contributed by atoms with Gasteiger partial charge in [-0.1, -0.05) is 212 Å². The van der Waals surface area contributed by atoms with Gasteiger partial charge in [0.1, 0.15) is 11.7 Å². The first kappa shape index (κ1) is 37.6. The monoisotopic (exact) mass is 648 g/mol. The van der Waals surface area contributed by atoms with E-state index in [2.05, 4.69) is 122 Å². The summed E-state index contributed by atoms with van der Waals surface area (Å²) in [5, 5.41) is 0. The first-order valence-corrected chi connectivity index (χ1v) is 18.9. The molecule has 4 aromatic rings. The molecule has 3 nitrogen and oxygen atoms in total. The second-order valence-corrected chi connectivity index (χ2v) is 13.2. The molecule has 0 aliphatic carbocycles. The molecule has 1 atom stereocenters. The van der Waals surface area contributed by atoms with E-state index in [9.17, 15) is 0 Å². The Labute approximate surface area is 292 Å². The first-order valence-electron chi connectivity index (χ1n) is 18.9. The molecule has 258 valence electrons. The normalized spacial score (nSPS) is 12.3. The summed E-state index contributed by atoms with van der Waals surface area (Å²) in [5.74, 6) is 0. The molecular weight excluding hydrogens is 588 g/mol. The Kier molecular flexibility index (Phi) is 18.1. The van der Waals surface area contributed by atoms with Gasteiger partial charge in [0.15, 0.2) is 0 Å². The number of benzene rings is 4. The predicted octanol–water partition coefficient (Wildman–Crippen LogP) is 12.1. The molecule has 0 amide bonds. The standard InChI is InChI=1S/C45H60O3/c1-2-3-4-5-6-7-8-9-10-11-12-13-14-27-36-46-38-44(47-37-40-28-19-15-20-29-40)39-48-45(41-30-21-16-22-31-41,42-32-23-17-24-33-42)43-34-25-18-26-35-43/h15-26,28-35,44H,2-14,27,36-39H2,1H3/t44-/m0/s1. The van der Waals surface area contributed by atoms with Crippen LogP contribution in [0.5, 0.6) is 0 Å². The van der Waals surface area contributed by atoms with E-state index >= 15 is 0 Å². The molecule has 48 heavy (non-hydrogen) atoms. The molecule has 0 aliphatic rings. The molecule has 0 heterocycles. The Bertz CT molecular complexity index is 1210. The molecule has 0 saturated heterocycles. The molecular formula is C45H60O3. The van der Waals surface area contributed by atoms with E-state index in [4.69, 9.17) is 14.2 Å². The van der Waals surface area contributed by atoms with E-state index < -0.39 is 5.60 Å². The lowest BCUT2D eigenvalue weighted by Crippen LogP contribution is -2.37. The highest BCUT2D eigenvalue weighted by Gasteiger charge is 2.38. The Balaban J connectivity index is 1.29. The zero-order valence-corrected chi connectivity index (χ0v) is 29.6. The fourth-order valence-corrected chi connectivity index (χ4v) is 6.53. The SMILES string of the molecule is CCCCCCCCCCCCCCCCOC[C@@H](COC(c1ccccc1)(c1ccccc1)c1ccccc1)OCc1ccccc1. The van der Waals surface area contributed by atoms with Crippen LogP contribution >= 0.6 is 0 Å². The highest BCUT2D eigenvalue weighted by Crippen LogP contribution is 2.40. The molecule has 0 N–H and O–H groups in total. The van der Waals surface area contributed by atoms with Crippen molar-refractivity contribution in [3.05, 3.63) is 144 Å². The molecule has 0 spiro atoms. The molecule has 4 aromatic carbocycles. The van der Waals surface area contributed by atoms with E-state index in [1.165, 1.54) is 83.5 Å². The topological polar surface area (TPSA) is 27.7 Å². The maximum absolute atomic E-state index is 7.11. The molecule has 0 aromatic heterocycles. The molecule has 0 bridgehead atoms. The highest BCUT2D eigenvalue weighted by atomic mass is 16.6. The van der Waals surface area contributed by atoms with E-state index in [1.54, 1.807) is 0 Å². The Morgan fingerprint density at radius 3 is 1.29 bits per heavy atom. The maximum Gasteiger partial charge on any atom is 0.143 e. The lowest BCUT2D eigenvalue weighted by molar-refractivity contribution is -0.0968. The van der Waals surface area contributed by atoms with Gasteiger partial charge in [0.2, 0.25) is 0 Å².